The predicted octanol–water partition coefficient (Wildman–Crippen LogP) is 9.88. The van der Waals surface area contributed by atoms with E-state index in [0.717, 1.165) is 44.9 Å². The lowest BCUT2D eigenvalue weighted by Gasteiger charge is -2.15. The van der Waals surface area contributed by atoms with E-state index in [1.54, 1.807) is 0 Å². The summed E-state index contributed by atoms with van der Waals surface area (Å²) in [4.78, 5) is 33.7. The van der Waals surface area contributed by atoms with Crippen molar-refractivity contribution in [2.45, 2.75) is 187 Å². The fourth-order valence-electron chi connectivity index (χ4n) is 5.26. The fourth-order valence-corrected chi connectivity index (χ4v) is 6.01. The van der Waals surface area contributed by atoms with E-state index in [2.05, 4.69) is 31.3 Å². The number of amides is 1. The number of unbranched alkanes of at least 4 members (excludes halogenated alkanes) is 21. The first-order valence-electron chi connectivity index (χ1n) is 19.2. The monoisotopic (exact) mass is 689 g/mol. The quantitative estimate of drug-likeness (QED) is 0.0256. The number of allylic oxidation sites excluding steroid dienone is 2. The van der Waals surface area contributed by atoms with Gasteiger partial charge in [-0.3, -0.25) is 18.6 Å². The van der Waals surface area contributed by atoms with Gasteiger partial charge in [0.05, 0.1) is 13.2 Å². The molecule has 278 valence electrons. The van der Waals surface area contributed by atoms with Gasteiger partial charge in [0.15, 0.2) is 0 Å². The van der Waals surface area contributed by atoms with E-state index in [0.29, 0.717) is 6.42 Å². The van der Waals surface area contributed by atoms with E-state index in [1.165, 1.54) is 109 Å². The van der Waals surface area contributed by atoms with Crippen molar-refractivity contribution in [2.24, 2.45) is 0 Å². The van der Waals surface area contributed by atoms with Crippen LogP contribution in [0.25, 0.3) is 0 Å². The molecule has 0 aromatic carbocycles. The van der Waals surface area contributed by atoms with E-state index < -0.39 is 26.5 Å². The largest absolute Gasteiger partial charge is 0.472 e. The number of hydrogen-bond acceptors (Lipinski definition) is 7. The first-order chi connectivity index (χ1) is 22.8. The van der Waals surface area contributed by atoms with Crippen LogP contribution in [0.1, 0.15) is 181 Å². The molecule has 47 heavy (non-hydrogen) atoms. The van der Waals surface area contributed by atoms with Gasteiger partial charge >= 0.3 is 13.8 Å². The average Bonchev–Trinajstić information content (AvgIpc) is 3.05. The molecule has 0 radical (unpaired) electrons. The van der Waals surface area contributed by atoms with Crippen molar-refractivity contribution < 1.29 is 37.9 Å². The Bertz CT molecular complexity index is 794. The standard InChI is InChI=1S/C37H72NO8P/c1-3-5-7-9-11-13-15-16-17-18-20-21-23-25-27-29-36(40)38-31-32-45-47(42,43)46-34-35(39)33-44-37(41)30-28-26-24-22-19-14-12-10-8-6-4-2/h16-17,35,39H,3-15,18-34H2,1-2H3,(H,38,40)(H,42,43)/b17-16-. The van der Waals surface area contributed by atoms with Gasteiger partial charge < -0.3 is 20.1 Å². The molecule has 0 spiro atoms. The number of nitrogens with one attached hydrogen (secondary N) is 1. The summed E-state index contributed by atoms with van der Waals surface area (Å²) in [6.07, 6.45) is 32.8. The second-order valence-corrected chi connectivity index (χ2v) is 14.4. The summed E-state index contributed by atoms with van der Waals surface area (Å²) in [6.45, 7) is 3.53. The van der Waals surface area contributed by atoms with Crippen LogP contribution < -0.4 is 5.32 Å². The number of phosphoric ester groups is 1. The van der Waals surface area contributed by atoms with Gasteiger partial charge in [0.25, 0.3) is 0 Å². The van der Waals surface area contributed by atoms with Crippen molar-refractivity contribution in [2.75, 3.05) is 26.4 Å². The lowest BCUT2D eigenvalue weighted by molar-refractivity contribution is -0.147. The van der Waals surface area contributed by atoms with Gasteiger partial charge in [-0.1, -0.05) is 142 Å². The minimum atomic E-state index is -4.41. The minimum absolute atomic E-state index is 0.0804. The Labute approximate surface area is 288 Å². The lowest BCUT2D eigenvalue weighted by atomic mass is 10.1. The Hall–Kier alpha value is -1.25. The Morgan fingerprint density at radius 1 is 0.638 bits per heavy atom. The van der Waals surface area contributed by atoms with Crippen molar-refractivity contribution in [3.63, 3.8) is 0 Å². The van der Waals surface area contributed by atoms with Crippen LogP contribution in [0.5, 0.6) is 0 Å². The molecule has 2 atom stereocenters. The van der Waals surface area contributed by atoms with E-state index in [-0.39, 0.29) is 32.1 Å². The van der Waals surface area contributed by atoms with Crippen molar-refractivity contribution in [3.8, 4) is 0 Å². The highest BCUT2D eigenvalue weighted by atomic mass is 31.2. The van der Waals surface area contributed by atoms with Gasteiger partial charge in [0, 0.05) is 19.4 Å². The number of aliphatic hydroxyl groups is 1. The van der Waals surface area contributed by atoms with Crippen LogP contribution in [-0.4, -0.2) is 54.3 Å². The van der Waals surface area contributed by atoms with Crippen LogP contribution in [0.2, 0.25) is 0 Å². The van der Waals surface area contributed by atoms with Crippen molar-refractivity contribution in [1.29, 1.82) is 0 Å². The van der Waals surface area contributed by atoms with Crippen LogP contribution >= 0.6 is 7.82 Å². The van der Waals surface area contributed by atoms with Crippen LogP contribution in [0, 0.1) is 0 Å². The molecule has 9 nitrogen and oxygen atoms in total. The van der Waals surface area contributed by atoms with Gasteiger partial charge in [-0.25, -0.2) is 4.57 Å². The molecule has 1 amide bonds. The first kappa shape index (κ1) is 45.8. The van der Waals surface area contributed by atoms with Crippen LogP contribution in [0.15, 0.2) is 12.2 Å². The molecule has 2 unspecified atom stereocenters. The molecule has 0 bridgehead atoms. The van der Waals surface area contributed by atoms with Gasteiger partial charge in [0.2, 0.25) is 5.91 Å². The molecule has 0 aromatic rings. The highest BCUT2D eigenvalue weighted by molar-refractivity contribution is 7.47. The summed E-state index contributed by atoms with van der Waals surface area (Å²) < 4.78 is 26.7. The molecule has 0 rings (SSSR count). The maximum absolute atomic E-state index is 12.0. The topological polar surface area (TPSA) is 131 Å². The third-order valence-corrected chi connectivity index (χ3v) is 9.18. The van der Waals surface area contributed by atoms with Crippen molar-refractivity contribution in [1.82, 2.24) is 5.32 Å². The van der Waals surface area contributed by atoms with Gasteiger partial charge in [-0.2, -0.15) is 0 Å². The highest BCUT2D eigenvalue weighted by Crippen LogP contribution is 2.42. The van der Waals surface area contributed by atoms with E-state index in [1.807, 2.05) is 0 Å². The number of esters is 1. The first-order valence-corrected chi connectivity index (χ1v) is 20.7. The zero-order valence-electron chi connectivity index (χ0n) is 30.2. The van der Waals surface area contributed by atoms with Gasteiger partial charge in [-0.05, 0) is 38.5 Å². The fraction of sp³-hybridized carbons (Fsp3) is 0.892. The molecular formula is C37H72NO8P. The summed E-state index contributed by atoms with van der Waals surface area (Å²) in [5, 5.41) is 12.6. The second kappa shape index (κ2) is 34.6. The summed E-state index contributed by atoms with van der Waals surface area (Å²) >= 11 is 0. The summed E-state index contributed by atoms with van der Waals surface area (Å²) in [5.41, 5.74) is 0. The predicted molar refractivity (Wildman–Crippen MR) is 192 cm³/mol. The van der Waals surface area contributed by atoms with E-state index in [9.17, 15) is 24.2 Å². The zero-order valence-corrected chi connectivity index (χ0v) is 31.1. The summed E-state index contributed by atoms with van der Waals surface area (Å²) in [5.74, 6) is -0.522. The third-order valence-electron chi connectivity index (χ3n) is 8.20. The van der Waals surface area contributed by atoms with Crippen molar-refractivity contribution in [3.05, 3.63) is 12.2 Å². The maximum atomic E-state index is 12.0. The number of carbonyl (C=O) groups is 2. The normalized spacial score (nSPS) is 13.5. The number of carbonyl (C=O) groups excluding carboxylic acids is 2. The van der Waals surface area contributed by atoms with E-state index in [4.69, 9.17) is 13.8 Å². The second-order valence-electron chi connectivity index (χ2n) is 12.9. The number of ether oxygens (including phenoxy) is 1. The van der Waals surface area contributed by atoms with E-state index >= 15 is 0 Å². The molecule has 0 saturated heterocycles. The van der Waals surface area contributed by atoms with Crippen molar-refractivity contribution >= 4 is 19.7 Å². The average molecular weight is 690 g/mol. The molecular weight excluding hydrogens is 617 g/mol. The number of phosphoric acid groups is 1. The molecule has 0 aliphatic heterocycles. The van der Waals surface area contributed by atoms with Crippen LogP contribution in [-0.2, 0) is 27.9 Å². The molecule has 3 N–H and O–H groups in total. The lowest BCUT2D eigenvalue weighted by Crippen LogP contribution is -2.27. The summed E-state index contributed by atoms with van der Waals surface area (Å²) in [7, 11) is -4.41. The number of rotatable bonds is 36. The maximum Gasteiger partial charge on any atom is 0.472 e. The SMILES string of the molecule is CCCCCCCC/C=C\CCCCCCCC(=O)NCCOP(=O)(O)OCC(O)COC(=O)CCCCCCCCCCCCC. The third kappa shape index (κ3) is 35.9. The van der Waals surface area contributed by atoms with Gasteiger partial charge in [-0.15, -0.1) is 0 Å². The van der Waals surface area contributed by atoms with Crippen LogP contribution in [0.4, 0.5) is 0 Å². The molecule has 0 aliphatic carbocycles. The zero-order chi connectivity index (χ0) is 34.7. The smallest absolute Gasteiger partial charge is 0.463 e. The molecule has 0 aromatic heterocycles. The molecule has 0 heterocycles. The Morgan fingerprint density at radius 3 is 1.60 bits per heavy atom. The molecule has 0 fully saturated rings. The minimum Gasteiger partial charge on any atom is -0.463 e. The van der Waals surface area contributed by atoms with Crippen LogP contribution in [0.3, 0.4) is 0 Å². The number of hydrogen-bond donors (Lipinski definition) is 3. The number of aliphatic hydroxyl groups excluding tert-OH is 1. The Morgan fingerprint density at radius 2 is 1.09 bits per heavy atom. The Balaban J connectivity index is 3.62. The molecule has 0 saturated carbocycles. The Kier molecular flexibility index (Phi) is 33.7. The molecule has 10 heteroatoms. The molecule has 0 aliphatic rings. The summed E-state index contributed by atoms with van der Waals surface area (Å²) in [6, 6.07) is 0. The van der Waals surface area contributed by atoms with Gasteiger partial charge in [0.1, 0.15) is 12.7 Å². The highest BCUT2D eigenvalue weighted by Gasteiger charge is 2.23.